The van der Waals surface area contributed by atoms with Gasteiger partial charge in [-0.15, -0.1) is 0 Å². The van der Waals surface area contributed by atoms with Crippen LogP contribution in [-0.2, 0) is 6.54 Å². The van der Waals surface area contributed by atoms with Gasteiger partial charge in [-0.05, 0) is 49.2 Å². The summed E-state index contributed by atoms with van der Waals surface area (Å²) in [5.74, 6) is -1.16. The van der Waals surface area contributed by atoms with Crippen molar-refractivity contribution in [2.75, 3.05) is 6.54 Å². The molecule has 0 aliphatic carbocycles. The lowest BCUT2D eigenvalue weighted by Crippen LogP contribution is -2.46. The van der Waals surface area contributed by atoms with Crippen molar-refractivity contribution < 1.29 is 9.18 Å². The zero-order valence-electron chi connectivity index (χ0n) is 15.5. The van der Waals surface area contributed by atoms with Crippen molar-refractivity contribution in [2.24, 2.45) is 0 Å². The van der Waals surface area contributed by atoms with Crippen LogP contribution in [0.4, 0.5) is 4.39 Å². The van der Waals surface area contributed by atoms with Crippen molar-refractivity contribution in [1.82, 2.24) is 19.7 Å². The summed E-state index contributed by atoms with van der Waals surface area (Å²) in [5.41, 5.74) is 0.0132. The quantitative estimate of drug-likeness (QED) is 0.727. The first-order chi connectivity index (χ1) is 13.4. The van der Waals surface area contributed by atoms with E-state index in [4.69, 9.17) is 0 Å². The molecule has 3 aromatic rings. The molecule has 1 aromatic heterocycles. The van der Waals surface area contributed by atoms with E-state index < -0.39 is 28.7 Å². The summed E-state index contributed by atoms with van der Waals surface area (Å²) >= 11 is 0. The molecule has 0 bridgehead atoms. The normalized spacial score (nSPS) is 10.7. The van der Waals surface area contributed by atoms with Gasteiger partial charge in [0.1, 0.15) is 5.82 Å². The molecule has 0 saturated heterocycles. The highest BCUT2D eigenvalue weighted by Gasteiger charge is 2.20. The van der Waals surface area contributed by atoms with Gasteiger partial charge >= 0.3 is 5.69 Å². The Morgan fingerprint density at radius 2 is 1.79 bits per heavy atom. The number of aryl methyl sites for hydroxylation is 1. The van der Waals surface area contributed by atoms with Crippen molar-refractivity contribution in [2.45, 2.75) is 20.4 Å². The monoisotopic (exact) mass is 382 g/mol. The molecule has 0 aliphatic heterocycles. The van der Waals surface area contributed by atoms with Gasteiger partial charge in [0.15, 0.2) is 0 Å². The van der Waals surface area contributed by atoms with Crippen LogP contribution in [0.5, 0.6) is 0 Å². The van der Waals surface area contributed by atoms with Gasteiger partial charge < -0.3 is 5.32 Å². The van der Waals surface area contributed by atoms with E-state index in [1.54, 1.807) is 19.1 Å². The maximum Gasteiger partial charge on any atom is 0.352 e. The summed E-state index contributed by atoms with van der Waals surface area (Å²) in [5, 5.41) is 6.47. The summed E-state index contributed by atoms with van der Waals surface area (Å²) in [6, 6.07) is 12.4. The van der Waals surface area contributed by atoms with Crippen molar-refractivity contribution in [3.05, 3.63) is 92.0 Å². The molecule has 0 atom stereocenters. The van der Waals surface area contributed by atoms with Crippen LogP contribution < -0.4 is 16.6 Å². The summed E-state index contributed by atoms with van der Waals surface area (Å²) in [6.07, 6.45) is 0. The second-order valence-electron chi connectivity index (χ2n) is 6.20. The number of amides is 1. The van der Waals surface area contributed by atoms with Gasteiger partial charge in [-0.1, -0.05) is 24.3 Å². The number of halogens is 1. The van der Waals surface area contributed by atoms with Gasteiger partial charge in [-0.2, -0.15) is 9.78 Å². The first-order valence-electron chi connectivity index (χ1n) is 8.75. The standard InChI is InChI=1S/C20H19FN4O3/c1-3-22-18(26)17-19(27)24(12-14-7-5-4-6-13(14)2)20(28)25(23-17)16-10-8-15(21)9-11-16/h4-11H,3,12H2,1-2H3,(H,22,26). The number of rotatable bonds is 5. The van der Waals surface area contributed by atoms with E-state index in [0.29, 0.717) is 6.54 Å². The van der Waals surface area contributed by atoms with Crippen LogP contribution in [-0.4, -0.2) is 26.8 Å². The molecule has 1 N–H and O–H groups in total. The molecule has 0 saturated carbocycles. The predicted molar refractivity (Wildman–Crippen MR) is 102 cm³/mol. The van der Waals surface area contributed by atoms with Crippen LogP contribution in [0.15, 0.2) is 58.1 Å². The second kappa shape index (κ2) is 7.99. The van der Waals surface area contributed by atoms with E-state index in [0.717, 1.165) is 20.4 Å². The van der Waals surface area contributed by atoms with Crippen molar-refractivity contribution >= 4 is 5.91 Å². The molecule has 144 valence electrons. The molecular weight excluding hydrogens is 363 g/mol. The van der Waals surface area contributed by atoms with Crippen LogP contribution in [0.2, 0.25) is 0 Å². The second-order valence-corrected chi connectivity index (χ2v) is 6.20. The third kappa shape index (κ3) is 3.75. The van der Waals surface area contributed by atoms with Crippen LogP contribution in [0.1, 0.15) is 28.5 Å². The van der Waals surface area contributed by atoms with Crippen molar-refractivity contribution in [1.29, 1.82) is 0 Å². The Labute approximate surface area is 160 Å². The topological polar surface area (TPSA) is 86.0 Å². The maximum absolute atomic E-state index is 13.3. The molecule has 2 aromatic carbocycles. The fraction of sp³-hybridized carbons (Fsp3) is 0.200. The summed E-state index contributed by atoms with van der Waals surface area (Å²) < 4.78 is 15.2. The molecule has 0 radical (unpaired) electrons. The Kier molecular flexibility index (Phi) is 5.49. The van der Waals surface area contributed by atoms with Gasteiger partial charge in [0.2, 0.25) is 5.69 Å². The molecule has 1 heterocycles. The van der Waals surface area contributed by atoms with E-state index in [9.17, 15) is 18.8 Å². The number of hydrogen-bond acceptors (Lipinski definition) is 4. The number of carbonyl (C=O) groups excluding carboxylic acids is 1. The molecular formula is C20H19FN4O3. The average molecular weight is 382 g/mol. The molecule has 1 amide bonds. The molecule has 0 spiro atoms. The van der Waals surface area contributed by atoms with E-state index in [2.05, 4.69) is 10.4 Å². The minimum atomic E-state index is -0.780. The third-order valence-electron chi connectivity index (χ3n) is 4.27. The molecule has 28 heavy (non-hydrogen) atoms. The Hall–Kier alpha value is -3.55. The minimum Gasteiger partial charge on any atom is -0.351 e. The van der Waals surface area contributed by atoms with E-state index in [1.807, 2.05) is 19.1 Å². The van der Waals surface area contributed by atoms with Gasteiger partial charge in [-0.3, -0.25) is 14.2 Å². The number of carbonyl (C=O) groups is 1. The largest absolute Gasteiger partial charge is 0.352 e. The number of benzene rings is 2. The highest BCUT2D eigenvalue weighted by Crippen LogP contribution is 2.08. The van der Waals surface area contributed by atoms with Gasteiger partial charge in [0.05, 0.1) is 12.2 Å². The predicted octanol–water partition coefficient (Wildman–Crippen LogP) is 1.64. The zero-order valence-corrected chi connectivity index (χ0v) is 15.5. The van der Waals surface area contributed by atoms with Crippen LogP contribution in [0.3, 0.4) is 0 Å². The molecule has 7 nitrogen and oxygen atoms in total. The third-order valence-corrected chi connectivity index (χ3v) is 4.27. The lowest BCUT2D eigenvalue weighted by atomic mass is 10.1. The molecule has 3 rings (SSSR count). The fourth-order valence-corrected chi connectivity index (χ4v) is 2.75. The Balaban J connectivity index is 2.23. The maximum atomic E-state index is 13.3. The Morgan fingerprint density at radius 1 is 1.11 bits per heavy atom. The van der Waals surface area contributed by atoms with Gasteiger partial charge in [0.25, 0.3) is 11.5 Å². The summed E-state index contributed by atoms with van der Waals surface area (Å²) in [4.78, 5) is 38.1. The van der Waals surface area contributed by atoms with Crippen molar-refractivity contribution in [3.63, 3.8) is 0 Å². The number of aromatic nitrogens is 3. The van der Waals surface area contributed by atoms with Crippen LogP contribution >= 0.6 is 0 Å². The first kappa shape index (κ1) is 19.2. The molecule has 8 heteroatoms. The number of nitrogens with zero attached hydrogens (tertiary/aromatic N) is 3. The number of hydrogen-bond donors (Lipinski definition) is 1. The lowest BCUT2D eigenvalue weighted by molar-refractivity contribution is 0.0946. The van der Waals surface area contributed by atoms with Gasteiger partial charge in [-0.25, -0.2) is 9.18 Å². The fourth-order valence-electron chi connectivity index (χ4n) is 2.75. The lowest BCUT2D eigenvalue weighted by Gasteiger charge is -2.13. The molecule has 0 unspecified atom stereocenters. The van der Waals surface area contributed by atoms with Crippen molar-refractivity contribution in [3.8, 4) is 5.69 Å². The zero-order chi connectivity index (χ0) is 20.3. The Morgan fingerprint density at radius 3 is 2.43 bits per heavy atom. The van der Waals surface area contributed by atoms with Crippen LogP contribution in [0.25, 0.3) is 5.69 Å². The Bertz CT molecular complexity index is 1130. The van der Waals surface area contributed by atoms with E-state index in [-0.39, 0.29) is 12.2 Å². The highest BCUT2D eigenvalue weighted by molar-refractivity contribution is 5.91. The summed E-state index contributed by atoms with van der Waals surface area (Å²) in [6.45, 7) is 3.86. The number of nitrogens with one attached hydrogen (secondary N) is 1. The minimum absolute atomic E-state index is 0.0134. The highest BCUT2D eigenvalue weighted by atomic mass is 19.1. The van der Waals surface area contributed by atoms with E-state index >= 15 is 0 Å². The SMILES string of the molecule is CCNC(=O)c1nn(-c2ccc(F)cc2)c(=O)n(Cc2ccccc2C)c1=O. The molecule has 0 fully saturated rings. The average Bonchev–Trinajstić information content (AvgIpc) is 2.68. The smallest absolute Gasteiger partial charge is 0.351 e. The van der Waals surface area contributed by atoms with Crippen LogP contribution in [0, 0.1) is 12.7 Å². The first-order valence-corrected chi connectivity index (χ1v) is 8.75. The van der Waals surface area contributed by atoms with Gasteiger partial charge in [0, 0.05) is 6.54 Å². The summed E-state index contributed by atoms with van der Waals surface area (Å²) in [7, 11) is 0. The molecule has 0 aliphatic rings. The van der Waals surface area contributed by atoms with E-state index in [1.165, 1.54) is 24.3 Å².